The highest BCUT2D eigenvalue weighted by molar-refractivity contribution is 6.00. The average molecular weight is 477 g/mol. The van der Waals surface area contributed by atoms with Crippen molar-refractivity contribution >= 4 is 28.8 Å². The van der Waals surface area contributed by atoms with Crippen LogP contribution in [-0.2, 0) is 20.8 Å². The van der Waals surface area contributed by atoms with Crippen molar-refractivity contribution in [3.05, 3.63) is 42.1 Å². The molecule has 4 aliphatic rings. The zero-order valence-electron chi connectivity index (χ0n) is 21.0. The third-order valence-corrected chi connectivity index (χ3v) is 8.07. The summed E-state index contributed by atoms with van der Waals surface area (Å²) in [5, 5.41) is 3.51. The number of carbonyl (C=O) groups excluding carboxylic acids is 1. The summed E-state index contributed by atoms with van der Waals surface area (Å²) in [5.41, 5.74) is 4.01. The predicted octanol–water partition coefficient (Wildman–Crippen LogP) is 5.02. The lowest BCUT2D eigenvalue weighted by atomic mass is 9.86. The molecule has 6 rings (SSSR count). The van der Waals surface area contributed by atoms with Crippen LogP contribution >= 0.6 is 0 Å². The van der Waals surface area contributed by atoms with Crippen molar-refractivity contribution in [3.63, 3.8) is 0 Å². The van der Waals surface area contributed by atoms with Crippen LogP contribution in [0.25, 0.3) is 0 Å². The van der Waals surface area contributed by atoms with Crippen LogP contribution in [0.5, 0.6) is 0 Å². The average Bonchev–Trinajstić information content (AvgIpc) is 3.34. The van der Waals surface area contributed by atoms with Gasteiger partial charge in [-0.05, 0) is 70.7 Å². The van der Waals surface area contributed by atoms with Gasteiger partial charge >= 0.3 is 0 Å². The topological polar surface area (TPSA) is 66.9 Å². The summed E-state index contributed by atoms with van der Waals surface area (Å²) in [6.07, 6.45) is 6.99. The molecular weight excluding hydrogens is 440 g/mol. The van der Waals surface area contributed by atoms with E-state index in [1.54, 1.807) is 6.20 Å². The molecule has 7 nitrogen and oxygen atoms in total. The van der Waals surface area contributed by atoms with Gasteiger partial charge < -0.3 is 24.6 Å². The van der Waals surface area contributed by atoms with E-state index >= 15 is 0 Å². The molecule has 7 heteroatoms. The minimum Gasteiger partial charge on any atom is -0.376 e. The fourth-order valence-electron chi connectivity index (χ4n) is 6.35. The monoisotopic (exact) mass is 476 g/mol. The zero-order chi connectivity index (χ0) is 24.2. The maximum atomic E-state index is 14.0. The summed E-state index contributed by atoms with van der Waals surface area (Å²) in [5.74, 6) is 1.06. The Kier molecular flexibility index (Phi) is 5.72. The summed E-state index contributed by atoms with van der Waals surface area (Å²) < 4.78 is 12.0. The van der Waals surface area contributed by atoms with Gasteiger partial charge in [0.2, 0.25) is 5.91 Å². The van der Waals surface area contributed by atoms with Crippen molar-refractivity contribution in [1.82, 2.24) is 4.98 Å². The number of carbonyl (C=O) groups is 1. The molecule has 1 N–H and O–H groups in total. The molecule has 1 amide bonds. The Balaban J connectivity index is 1.31. The fourth-order valence-corrected chi connectivity index (χ4v) is 6.35. The highest BCUT2D eigenvalue weighted by Crippen LogP contribution is 2.44. The molecule has 0 unspecified atom stereocenters. The number of amides is 1. The number of hydrogen-bond donors (Lipinski definition) is 1. The van der Waals surface area contributed by atoms with E-state index in [1.807, 2.05) is 11.0 Å². The fraction of sp³-hybridized carbons (Fsp3) is 0.571. The Labute approximate surface area is 207 Å². The first-order valence-electron chi connectivity index (χ1n) is 13.1. The predicted molar refractivity (Wildman–Crippen MR) is 137 cm³/mol. The van der Waals surface area contributed by atoms with Crippen molar-refractivity contribution in [2.75, 3.05) is 28.3 Å². The van der Waals surface area contributed by atoms with Gasteiger partial charge in [-0.25, -0.2) is 4.98 Å². The maximum absolute atomic E-state index is 14.0. The minimum atomic E-state index is -0.0674. The number of rotatable bonds is 4. The van der Waals surface area contributed by atoms with Crippen LogP contribution in [0.3, 0.4) is 0 Å². The number of anilines is 4. The molecule has 1 aromatic carbocycles. The third-order valence-electron chi connectivity index (χ3n) is 8.07. The third kappa shape index (κ3) is 4.29. The molecule has 2 atom stereocenters. The van der Waals surface area contributed by atoms with Gasteiger partial charge in [-0.3, -0.25) is 4.79 Å². The molecular formula is C28H36N4O3. The second-order valence-electron chi connectivity index (χ2n) is 11.2. The van der Waals surface area contributed by atoms with Gasteiger partial charge in [0.05, 0.1) is 48.4 Å². The molecule has 186 valence electrons. The normalized spacial score (nSPS) is 29.5. The zero-order valence-corrected chi connectivity index (χ0v) is 21.0. The summed E-state index contributed by atoms with van der Waals surface area (Å²) in [4.78, 5) is 23.0. The number of hydrogen-bond acceptors (Lipinski definition) is 6. The lowest BCUT2D eigenvalue weighted by Crippen LogP contribution is -2.41. The van der Waals surface area contributed by atoms with E-state index in [2.05, 4.69) is 60.2 Å². The van der Waals surface area contributed by atoms with Crippen molar-refractivity contribution in [1.29, 1.82) is 0 Å². The van der Waals surface area contributed by atoms with Crippen molar-refractivity contribution in [3.8, 4) is 0 Å². The molecule has 1 saturated carbocycles. The number of morpholine rings is 1. The summed E-state index contributed by atoms with van der Waals surface area (Å²) in [6, 6.07) is 10.9. The van der Waals surface area contributed by atoms with Crippen LogP contribution in [0.4, 0.5) is 22.9 Å². The van der Waals surface area contributed by atoms with E-state index in [1.165, 1.54) is 0 Å². The number of aromatic nitrogens is 1. The van der Waals surface area contributed by atoms with Gasteiger partial charge in [-0.1, -0.05) is 6.07 Å². The van der Waals surface area contributed by atoms with Crippen molar-refractivity contribution in [2.24, 2.45) is 5.92 Å². The highest BCUT2D eigenvalue weighted by Gasteiger charge is 2.48. The summed E-state index contributed by atoms with van der Waals surface area (Å²) >= 11 is 0. The van der Waals surface area contributed by atoms with Crippen LogP contribution in [0, 0.1) is 5.92 Å². The summed E-state index contributed by atoms with van der Waals surface area (Å²) in [6.45, 7) is 8.55. The maximum Gasteiger partial charge on any atom is 0.230 e. The van der Waals surface area contributed by atoms with Gasteiger partial charge in [0, 0.05) is 36.3 Å². The minimum absolute atomic E-state index is 0.0202. The van der Waals surface area contributed by atoms with Crippen LogP contribution in [0.1, 0.15) is 58.4 Å². The number of pyridine rings is 1. The molecule has 3 aliphatic heterocycles. The van der Waals surface area contributed by atoms with Gasteiger partial charge in [0.15, 0.2) is 0 Å². The second kappa shape index (κ2) is 8.79. The molecule has 2 bridgehead atoms. The first-order valence-corrected chi connectivity index (χ1v) is 13.1. The van der Waals surface area contributed by atoms with E-state index < -0.39 is 0 Å². The SMILES string of the molecule is CC(C)O[C@H]1CC[C@H](C(=O)N2Cc3cccnc3Nc3ccc(N4C[C@]5(C)C[C@H]4CO5)cc32)CC1. The second-order valence-corrected chi connectivity index (χ2v) is 11.2. The Bertz CT molecular complexity index is 1110. The van der Waals surface area contributed by atoms with E-state index in [0.29, 0.717) is 12.6 Å². The number of nitrogens with zero attached hydrogens (tertiary/aromatic N) is 3. The molecule has 2 saturated heterocycles. The quantitative estimate of drug-likeness (QED) is 0.668. The van der Waals surface area contributed by atoms with Gasteiger partial charge in [-0.2, -0.15) is 0 Å². The van der Waals surface area contributed by atoms with Crippen LogP contribution in [0.15, 0.2) is 36.5 Å². The number of benzene rings is 1. The Morgan fingerprint density at radius 3 is 2.77 bits per heavy atom. The van der Waals surface area contributed by atoms with Gasteiger partial charge in [0.25, 0.3) is 0 Å². The van der Waals surface area contributed by atoms with E-state index in [-0.39, 0.29) is 29.6 Å². The van der Waals surface area contributed by atoms with E-state index in [4.69, 9.17) is 9.47 Å². The number of fused-ring (bicyclic) bond motifs is 4. The molecule has 2 aromatic rings. The van der Waals surface area contributed by atoms with Crippen LogP contribution in [-0.4, -0.2) is 47.9 Å². The molecule has 0 radical (unpaired) electrons. The van der Waals surface area contributed by atoms with Crippen molar-refractivity contribution < 1.29 is 14.3 Å². The molecule has 0 spiro atoms. The smallest absolute Gasteiger partial charge is 0.230 e. The van der Waals surface area contributed by atoms with E-state index in [9.17, 15) is 4.79 Å². The molecule has 3 fully saturated rings. The lowest BCUT2D eigenvalue weighted by molar-refractivity contribution is -0.124. The molecule has 4 heterocycles. The summed E-state index contributed by atoms with van der Waals surface area (Å²) in [7, 11) is 0. The van der Waals surface area contributed by atoms with Gasteiger partial charge in [-0.15, -0.1) is 0 Å². The highest BCUT2D eigenvalue weighted by atomic mass is 16.5. The molecule has 1 aliphatic carbocycles. The van der Waals surface area contributed by atoms with Crippen LogP contribution in [0.2, 0.25) is 0 Å². The first-order chi connectivity index (χ1) is 16.9. The number of ether oxygens (including phenoxy) is 2. The lowest BCUT2D eigenvalue weighted by Gasteiger charge is -2.35. The Morgan fingerprint density at radius 1 is 1.23 bits per heavy atom. The number of nitrogens with one attached hydrogen (secondary N) is 1. The van der Waals surface area contributed by atoms with Crippen LogP contribution < -0.4 is 15.1 Å². The van der Waals surface area contributed by atoms with Crippen molar-refractivity contribution in [2.45, 2.75) is 83.3 Å². The Morgan fingerprint density at radius 2 is 2.06 bits per heavy atom. The molecule has 35 heavy (non-hydrogen) atoms. The molecule has 1 aromatic heterocycles. The van der Waals surface area contributed by atoms with E-state index in [0.717, 1.165) is 73.7 Å². The largest absolute Gasteiger partial charge is 0.376 e. The standard InChI is InChI=1S/C28H36N4O3/c1-18(2)35-23-9-6-19(7-10-23)27(33)31-15-20-5-4-12-29-26(20)30-24-11-8-21(13-25(24)31)32-17-28(3)14-22(32)16-34-28/h4-5,8,11-13,18-19,22-23H,6-7,9-10,14-17H2,1-3H3,(H,29,30)/t19-,22-,23-,28-/m0/s1. The van der Waals surface area contributed by atoms with Gasteiger partial charge in [0.1, 0.15) is 5.82 Å². The Hall–Kier alpha value is -2.64. The first kappa shape index (κ1) is 22.8.